The number of nitrogens with zero attached hydrogens (tertiary/aromatic N) is 2. The van der Waals surface area contributed by atoms with Crippen LogP contribution in [0.4, 0.5) is 0 Å². The van der Waals surface area contributed by atoms with Crippen LogP contribution in [0.15, 0.2) is 28.3 Å². The molecule has 0 aromatic carbocycles. The lowest BCUT2D eigenvalue weighted by molar-refractivity contribution is 0.0696. The fourth-order valence-corrected chi connectivity index (χ4v) is 3.84. The molecule has 6 heteroatoms. The molecule has 21 heavy (non-hydrogen) atoms. The first-order valence-corrected chi connectivity index (χ1v) is 8.25. The van der Waals surface area contributed by atoms with Crippen LogP contribution < -0.4 is 0 Å². The van der Waals surface area contributed by atoms with E-state index in [0.717, 1.165) is 27.7 Å². The number of aryl methyl sites for hydroxylation is 1. The van der Waals surface area contributed by atoms with Crippen LogP contribution in [0.3, 0.4) is 0 Å². The van der Waals surface area contributed by atoms with E-state index in [4.69, 9.17) is 0 Å². The van der Waals surface area contributed by atoms with Crippen molar-refractivity contribution in [2.75, 3.05) is 0 Å². The zero-order valence-corrected chi connectivity index (χ0v) is 13.3. The van der Waals surface area contributed by atoms with Gasteiger partial charge in [0, 0.05) is 27.7 Å². The lowest BCUT2D eigenvalue weighted by Crippen LogP contribution is -2.06. The third-order valence-corrected chi connectivity index (χ3v) is 5.07. The van der Waals surface area contributed by atoms with Gasteiger partial charge in [-0.2, -0.15) is 11.3 Å². The van der Waals surface area contributed by atoms with E-state index >= 15 is 0 Å². The maximum Gasteiger partial charge on any atom is 0.337 e. The van der Waals surface area contributed by atoms with Gasteiger partial charge in [-0.3, -0.25) is 0 Å². The first kappa shape index (κ1) is 14.0. The first-order valence-electron chi connectivity index (χ1n) is 6.43. The highest BCUT2D eigenvalue weighted by Gasteiger charge is 2.15. The number of carboxylic acid groups (broad SMARTS) is 1. The van der Waals surface area contributed by atoms with Crippen LogP contribution in [0.2, 0.25) is 0 Å². The second kappa shape index (κ2) is 5.46. The van der Waals surface area contributed by atoms with Crippen molar-refractivity contribution < 1.29 is 9.90 Å². The zero-order chi connectivity index (χ0) is 15.0. The van der Waals surface area contributed by atoms with E-state index in [-0.39, 0.29) is 0 Å². The molecule has 1 N–H and O–H groups in total. The molecule has 4 nitrogen and oxygen atoms in total. The number of aromatic nitrogens is 2. The molecule has 0 aliphatic rings. The van der Waals surface area contributed by atoms with Gasteiger partial charge >= 0.3 is 5.97 Å². The van der Waals surface area contributed by atoms with Crippen molar-refractivity contribution in [1.29, 1.82) is 0 Å². The SMILES string of the molecule is Cc1cc(C(=O)O)c(C)n1Cc1csc(-c2ccsc2)n1. The highest BCUT2D eigenvalue weighted by molar-refractivity contribution is 7.14. The third-order valence-electron chi connectivity index (χ3n) is 3.44. The maximum atomic E-state index is 11.2. The quantitative estimate of drug-likeness (QED) is 0.790. The highest BCUT2D eigenvalue weighted by Crippen LogP contribution is 2.26. The Labute approximate surface area is 130 Å². The number of thiazole rings is 1. The normalized spacial score (nSPS) is 11.0. The number of hydrogen-bond donors (Lipinski definition) is 1. The minimum Gasteiger partial charge on any atom is -0.478 e. The van der Waals surface area contributed by atoms with Crippen molar-refractivity contribution >= 4 is 28.6 Å². The Kier molecular flexibility index (Phi) is 3.65. The smallest absolute Gasteiger partial charge is 0.337 e. The van der Waals surface area contributed by atoms with Crippen LogP contribution in [0.5, 0.6) is 0 Å². The minimum absolute atomic E-state index is 0.362. The predicted molar refractivity (Wildman–Crippen MR) is 85.4 cm³/mol. The molecule has 3 rings (SSSR count). The van der Waals surface area contributed by atoms with E-state index in [0.29, 0.717) is 12.1 Å². The molecule has 3 aromatic rings. The maximum absolute atomic E-state index is 11.2. The van der Waals surface area contributed by atoms with E-state index in [1.165, 1.54) is 0 Å². The summed E-state index contributed by atoms with van der Waals surface area (Å²) >= 11 is 3.27. The van der Waals surface area contributed by atoms with Gasteiger partial charge in [0.05, 0.1) is 17.8 Å². The van der Waals surface area contributed by atoms with Gasteiger partial charge in [-0.25, -0.2) is 9.78 Å². The molecule has 0 spiro atoms. The van der Waals surface area contributed by atoms with Gasteiger partial charge in [0.1, 0.15) is 5.01 Å². The lowest BCUT2D eigenvalue weighted by atomic mass is 10.2. The largest absolute Gasteiger partial charge is 0.478 e. The summed E-state index contributed by atoms with van der Waals surface area (Å²) in [5.41, 5.74) is 4.17. The molecule has 0 amide bonds. The molecule has 0 saturated carbocycles. The summed E-state index contributed by atoms with van der Waals surface area (Å²) in [6.45, 7) is 4.36. The molecule has 0 aliphatic carbocycles. The van der Waals surface area contributed by atoms with Gasteiger partial charge in [-0.05, 0) is 31.4 Å². The lowest BCUT2D eigenvalue weighted by Gasteiger charge is -2.07. The molecular weight excluding hydrogens is 304 g/mol. The Balaban J connectivity index is 1.89. The van der Waals surface area contributed by atoms with E-state index in [1.54, 1.807) is 28.7 Å². The average Bonchev–Trinajstić information content (AvgIpc) is 3.14. The van der Waals surface area contributed by atoms with Gasteiger partial charge in [0.25, 0.3) is 0 Å². The van der Waals surface area contributed by atoms with Crippen molar-refractivity contribution in [2.24, 2.45) is 0 Å². The number of aromatic carboxylic acids is 1. The minimum atomic E-state index is -0.883. The van der Waals surface area contributed by atoms with Crippen molar-refractivity contribution in [2.45, 2.75) is 20.4 Å². The summed E-state index contributed by atoms with van der Waals surface area (Å²) in [7, 11) is 0. The van der Waals surface area contributed by atoms with E-state index in [9.17, 15) is 9.90 Å². The van der Waals surface area contributed by atoms with E-state index < -0.39 is 5.97 Å². The van der Waals surface area contributed by atoms with Gasteiger partial charge < -0.3 is 9.67 Å². The monoisotopic (exact) mass is 318 g/mol. The van der Waals surface area contributed by atoms with Gasteiger partial charge in [0.15, 0.2) is 0 Å². The Bertz CT molecular complexity index is 785. The third kappa shape index (κ3) is 2.64. The fraction of sp³-hybridized carbons (Fsp3) is 0.200. The second-order valence-electron chi connectivity index (χ2n) is 4.83. The number of thiophene rings is 1. The molecule has 0 bridgehead atoms. The van der Waals surface area contributed by atoms with Crippen LogP contribution >= 0.6 is 22.7 Å². The summed E-state index contributed by atoms with van der Waals surface area (Å²) in [5, 5.41) is 16.3. The van der Waals surface area contributed by atoms with Crippen molar-refractivity contribution in [3.05, 3.63) is 50.9 Å². The standard InChI is InChI=1S/C15H14N2O2S2/c1-9-5-13(15(18)19)10(2)17(9)6-12-8-21-14(16-12)11-3-4-20-7-11/h3-5,7-8H,6H2,1-2H3,(H,18,19). The molecule has 108 valence electrons. The topological polar surface area (TPSA) is 55.1 Å². The highest BCUT2D eigenvalue weighted by atomic mass is 32.1. The first-order chi connectivity index (χ1) is 10.1. The van der Waals surface area contributed by atoms with Crippen molar-refractivity contribution in [3.63, 3.8) is 0 Å². The summed E-state index contributed by atoms with van der Waals surface area (Å²) in [6, 6.07) is 3.77. The molecule has 3 aromatic heterocycles. The number of rotatable bonds is 4. The van der Waals surface area contributed by atoms with E-state index in [2.05, 4.69) is 16.4 Å². The summed E-state index contributed by atoms with van der Waals surface area (Å²) in [6.07, 6.45) is 0. The van der Waals surface area contributed by atoms with Crippen LogP contribution in [0, 0.1) is 13.8 Å². The molecule has 3 heterocycles. The fourth-order valence-electron chi connectivity index (χ4n) is 2.32. The van der Waals surface area contributed by atoms with Gasteiger partial charge in [0.2, 0.25) is 0 Å². The van der Waals surface area contributed by atoms with Gasteiger partial charge in [-0.1, -0.05) is 0 Å². The number of carbonyl (C=O) groups is 1. The Hall–Kier alpha value is -1.92. The summed E-state index contributed by atoms with van der Waals surface area (Å²) in [5.74, 6) is -0.883. The molecule has 0 unspecified atom stereocenters. The second-order valence-corrected chi connectivity index (χ2v) is 6.47. The Morgan fingerprint density at radius 1 is 1.38 bits per heavy atom. The molecule has 0 saturated heterocycles. The summed E-state index contributed by atoms with van der Waals surface area (Å²) < 4.78 is 2.00. The predicted octanol–water partition coefficient (Wildman–Crippen LogP) is 4.04. The van der Waals surface area contributed by atoms with Crippen LogP contribution in [-0.4, -0.2) is 20.6 Å². The average molecular weight is 318 g/mol. The zero-order valence-electron chi connectivity index (χ0n) is 11.7. The van der Waals surface area contributed by atoms with Crippen molar-refractivity contribution in [1.82, 2.24) is 9.55 Å². The van der Waals surface area contributed by atoms with Crippen LogP contribution in [0.1, 0.15) is 27.4 Å². The molecule has 0 radical (unpaired) electrons. The Morgan fingerprint density at radius 3 is 2.81 bits per heavy atom. The molecule has 0 atom stereocenters. The number of hydrogen-bond acceptors (Lipinski definition) is 4. The Morgan fingerprint density at radius 2 is 2.19 bits per heavy atom. The van der Waals surface area contributed by atoms with Crippen molar-refractivity contribution in [3.8, 4) is 10.6 Å². The summed E-state index contributed by atoms with van der Waals surface area (Å²) in [4.78, 5) is 15.8. The van der Waals surface area contributed by atoms with Gasteiger partial charge in [-0.15, -0.1) is 11.3 Å². The van der Waals surface area contributed by atoms with Crippen LogP contribution in [-0.2, 0) is 6.54 Å². The van der Waals surface area contributed by atoms with E-state index in [1.807, 2.05) is 29.2 Å². The molecule has 0 fully saturated rings. The number of carboxylic acids is 1. The molecule has 0 aliphatic heterocycles. The molecular formula is C15H14N2O2S2. The van der Waals surface area contributed by atoms with Crippen LogP contribution in [0.25, 0.3) is 10.6 Å².